The largest absolute Gasteiger partial charge is 0.416 e. The van der Waals surface area contributed by atoms with Gasteiger partial charge in [-0.2, -0.15) is 19.1 Å². The molecule has 1 aromatic carbocycles. The molecule has 0 bridgehead atoms. The topological polar surface area (TPSA) is 52.3 Å². The van der Waals surface area contributed by atoms with Gasteiger partial charge in [-0.1, -0.05) is 18.2 Å². The summed E-state index contributed by atoms with van der Waals surface area (Å²) < 4.78 is 37.8. The first-order valence-corrected chi connectivity index (χ1v) is 5.00. The van der Waals surface area contributed by atoms with Crippen LogP contribution in [0.2, 0.25) is 0 Å². The number of aryl methyl sites for hydroxylation is 1. The maximum absolute atomic E-state index is 12.6. The predicted molar refractivity (Wildman–Crippen MR) is 61.9 cm³/mol. The van der Waals surface area contributed by atoms with Crippen molar-refractivity contribution < 1.29 is 22.8 Å². The fourth-order valence-electron chi connectivity index (χ4n) is 1.50. The van der Waals surface area contributed by atoms with E-state index in [-0.39, 0.29) is 37.2 Å². The van der Waals surface area contributed by atoms with E-state index in [1.807, 2.05) is 0 Å². The summed E-state index contributed by atoms with van der Waals surface area (Å²) in [4.78, 5) is 14.6. The number of benzene rings is 1. The highest BCUT2D eigenvalue weighted by molar-refractivity contribution is 5.85. The van der Waals surface area contributed by atoms with E-state index < -0.39 is 17.7 Å². The van der Waals surface area contributed by atoms with E-state index in [0.717, 1.165) is 6.07 Å². The standard InChI is InChI=1S/C11H12F3NO2.ClH/c12-11(13,14)9-6-2-1-4-8(9)5-3-7-10(16)17-15;/h1-2,4,6H,3,5,7,15H2;1H. The number of nitrogens with two attached hydrogens (primary N) is 1. The Labute approximate surface area is 108 Å². The Hall–Kier alpha value is -1.27. The molecule has 0 saturated carbocycles. The highest BCUT2D eigenvalue weighted by Crippen LogP contribution is 2.32. The van der Waals surface area contributed by atoms with Gasteiger partial charge in [0.15, 0.2) is 0 Å². The Kier molecular flexibility index (Phi) is 6.72. The summed E-state index contributed by atoms with van der Waals surface area (Å²) in [5.41, 5.74) is -0.495. The Morgan fingerprint density at radius 2 is 1.89 bits per heavy atom. The number of rotatable bonds is 4. The Morgan fingerprint density at radius 3 is 2.44 bits per heavy atom. The highest BCUT2D eigenvalue weighted by atomic mass is 35.5. The Morgan fingerprint density at radius 1 is 1.28 bits per heavy atom. The van der Waals surface area contributed by atoms with Crippen LogP contribution in [0.4, 0.5) is 13.2 Å². The van der Waals surface area contributed by atoms with Gasteiger partial charge in [0.1, 0.15) is 0 Å². The molecule has 1 rings (SSSR count). The van der Waals surface area contributed by atoms with Crippen molar-refractivity contribution in [3.8, 4) is 0 Å². The molecule has 0 saturated heterocycles. The van der Waals surface area contributed by atoms with Crippen molar-refractivity contribution in [3.05, 3.63) is 35.4 Å². The normalized spacial score (nSPS) is 10.7. The van der Waals surface area contributed by atoms with Crippen LogP contribution in [0.5, 0.6) is 0 Å². The van der Waals surface area contributed by atoms with Crippen molar-refractivity contribution in [3.63, 3.8) is 0 Å². The van der Waals surface area contributed by atoms with Gasteiger partial charge < -0.3 is 4.84 Å². The van der Waals surface area contributed by atoms with Crippen molar-refractivity contribution in [1.82, 2.24) is 0 Å². The van der Waals surface area contributed by atoms with Crippen molar-refractivity contribution >= 4 is 18.4 Å². The first kappa shape index (κ1) is 16.7. The summed E-state index contributed by atoms with van der Waals surface area (Å²) in [7, 11) is 0. The fourth-order valence-corrected chi connectivity index (χ4v) is 1.50. The zero-order chi connectivity index (χ0) is 12.9. The van der Waals surface area contributed by atoms with Gasteiger partial charge >= 0.3 is 12.1 Å². The zero-order valence-corrected chi connectivity index (χ0v) is 10.2. The lowest BCUT2D eigenvalue weighted by atomic mass is 10.0. The summed E-state index contributed by atoms with van der Waals surface area (Å²) >= 11 is 0. The molecule has 3 nitrogen and oxygen atoms in total. The van der Waals surface area contributed by atoms with Crippen molar-refractivity contribution in [2.75, 3.05) is 0 Å². The summed E-state index contributed by atoms with van der Waals surface area (Å²) in [6.07, 6.45) is -3.94. The van der Waals surface area contributed by atoms with Crippen LogP contribution in [0.25, 0.3) is 0 Å². The molecule has 0 aliphatic rings. The van der Waals surface area contributed by atoms with Crippen LogP contribution in [-0.2, 0) is 22.2 Å². The molecule has 1 aromatic rings. The highest BCUT2D eigenvalue weighted by Gasteiger charge is 2.32. The molecule has 0 amide bonds. The Bertz CT molecular complexity index is 396. The van der Waals surface area contributed by atoms with Crippen LogP contribution >= 0.6 is 12.4 Å². The molecule has 18 heavy (non-hydrogen) atoms. The zero-order valence-electron chi connectivity index (χ0n) is 9.37. The van der Waals surface area contributed by atoms with Crippen molar-refractivity contribution in [1.29, 1.82) is 0 Å². The first-order valence-electron chi connectivity index (χ1n) is 5.00. The SMILES string of the molecule is Cl.NOC(=O)CCCc1ccccc1C(F)(F)F. The average molecular weight is 284 g/mol. The third-order valence-electron chi connectivity index (χ3n) is 2.28. The maximum Gasteiger partial charge on any atom is 0.416 e. The van der Waals surface area contributed by atoms with Gasteiger partial charge in [0.25, 0.3) is 0 Å². The number of alkyl halides is 3. The van der Waals surface area contributed by atoms with Crippen LogP contribution < -0.4 is 5.90 Å². The predicted octanol–water partition coefficient (Wildman–Crippen LogP) is 2.87. The van der Waals surface area contributed by atoms with E-state index in [4.69, 9.17) is 0 Å². The van der Waals surface area contributed by atoms with Crippen LogP contribution in [0.1, 0.15) is 24.0 Å². The number of carbonyl (C=O) groups is 1. The molecule has 0 heterocycles. The lowest BCUT2D eigenvalue weighted by Crippen LogP contribution is -2.11. The molecule has 102 valence electrons. The van der Waals surface area contributed by atoms with Gasteiger partial charge in [-0.25, -0.2) is 0 Å². The third-order valence-corrected chi connectivity index (χ3v) is 2.28. The molecule has 0 spiro atoms. The lowest BCUT2D eigenvalue weighted by Gasteiger charge is -2.11. The molecule has 0 radical (unpaired) electrons. The second kappa shape index (κ2) is 7.23. The second-order valence-corrected chi connectivity index (χ2v) is 3.50. The second-order valence-electron chi connectivity index (χ2n) is 3.50. The van der Waals surface area contributed by atoms with Crippen LogP contribution in [0, 0.1) is 0 Å². The number of hydrogen-bond acceptors (Lipinski definition) is 3. The van der Waals surface area contributed by atoms with Gasteiger partial charge in [-0.05, 0) is 24.5 Å². The summed E-state index contributed by atoms with van der Waals surface area (Å²) in [6.45, 7) is 0. The summed E-state index contributed by atoms with van der Waals surface area (Å²) in [5, 5.41) is 0. The van der Waals surface area contributed by atoms with Gasteiger partial charge in [0, 0.05) is 6.42 Å². The minimum Gasteiger partial charge on any atom is -0.373 e. The molecule has 0 aliphatic carbocycles. The molecular formula is C11H13ClF3NO2. The molecule has 2 N–H and O–H groups in total. The van der Waals surface area contributed by atoms with E-state index in [2.05, 4.69) is 10.7 Å². The van der Waals surface area contributed by atoms with Crippen molar-refractivity contribution in [2.45, 2.75) is 25.4 Å². The molecule has 7 heteroatoms. The fraction of sp³-hybridized carbons (Fsp3) is 0.364. The quantitative estimate of drug-likeness (QED) is 0.865. The average Bonchev–Trinajstić information content (AvgIpc) is 2.28. The number of hydrogen-bond donors (Lipinski definition) is 1. The smallest absolute Gasteiger partial charge is 0.373 e. The lowest BCUT2D eigenvalue weighted by molar-refractivity contribution is -0.144. The summed E-state index contributed by atoms with van der Waals surface area (Å²) in [6, 6.07) is 5.29. The number of halogens is 4. The van der Waals surface area contributed by atoms with Crippen LogP contribution in [0.3, 0.4) is 0 Å². The third kappa shape index (κ3) is 4.93. The van der Waals surface area contributed by atoms with E-state index in [9.17, 15) is 18.0 Å². The monoisotopic (exact) mass is 283 g/mol. The van der Waals surface area contributed by atoms with Crippen LogP contribution in [0.15, 0.2) is 24.3 Å². The Balaban J connectivity index is 0.00000289. The van der Waals surface area contributed by atoms with Gasteiger partial charge in [-0.3, -0.25) is 4.79 Å². The molecular weight excluding hydrogens is 271 g/mol. The van der Waals surface area contributed by atoms with Crippen LogP contribution in [-0.4, -0.2) is 5.97 Å². The number of carbonyl (C=O) groups excluding carboxylic acids is 1. The van der Waals surface area contributed by atoms with E-state index >= 15 is 0 Å². The molecule has 0 fully saturated rings. The maximum atomic E-state index is 12.6. The van der Waals surface area contributed by atoms with E-state index in [1.165, 1.54) is 18.2 Å². The van der Waals surface area contributed by atoms with Crippen molar-refractivity contribution in [2.24, 2.45) is 5.90 Å². The molecule has 0 aliphatic heterocycles. The first-order chi connectivity index (χ1) is 7.95. The van der Waals surface area contributed by atoms with E-state index in [0.29, 0.717) is 0 Å². The molecule has 0 aromatic heterocycles. The van der Waals surface area contributed by atoms with Gasteiger partial charge in [0.2, 0.25) is 0 Å². The minimum absolute atomic E-state index is 0. The molecule has 0 atom stereocenters. The van der Waals surface area contributed by atoms with E-state index in [1.54, 1.807) is 0 Å². The van der Waals surface area contributed by atoms with Gasteiger partial charge in [-0.15, -0.1) is 12.4 Å². The minimum atomic E-state index is -4.37. The summed E-state index contributed by atoms with van der Waals surface area (Å²) in [5.74, 6) is 3.99. The van der Waals surface area contributed by atoms with Gasteiger partial charge in [0.05, 0.1) is 5.56 Å². The molecule has 0 unspecified atom stereocenters.